The molecule has 11 heteroatoms. The second-order valence-electron chi connectivity index (χ2n) is 6.12. The Morgan fingerprint density at radius 2 is 2.14 bits per heavy atom. The third-order valence-corrected chi connectivity index (χ3v) is 5.15. The van der Waals surface area contributed by atoms with E-state index in [4.69, 9.17) is 14.7 Å². The van der Waals surface area contributed by atoms with E-state index in [0.717, 1.165) is 6.26 Å². The highest BCUT2D eigenvalue weighted by atomic mass is 32.2. The number of carbonyl (C=O) groups excluding carboxylic acids is 1. The van der Waals surface area contributed by atoms with Crippen LogP contribution in [0.15, 0.2) is 29.3 Å². The summed E-state index contributed by atoms with van der Waals surface area (Å²) in [6.45, 7) is 1.35. The Labute approximate surface area is 166 Å². The number of benzene rings is 1. The number of amides is 1. The van der Waals surface area contributed by atoms with Gasteiger partial charge in [-0.15, -0.1) is 0 Å². The lowest BCUT2D eigenvalue weighted by Gasteiger charge is -2.10. The van der Waals surface area contributed by atoms with Crippen molar-refractivity contribution < 1.29 is 22.7 Å². The number of methoxy groups -OCH3 is 1. The van der Waals surface area contributed by atoms with Crippen molar-refractivity contribution in [3.8, 4) is 17.8 Å². The molecule has 0 radical (unpaired) electrons. The lowest BCUT2D eigenvalue weighted by molar-refractivity contribution is -0.118. The van der Waals surface area contributed by atoms with Crippen LogP contribution in [0.5, 0.6) is 11.8 Å². The molecule has 0 aliphatic rings. The highest BCUT2D eigenvalue weighted by molar-refractivity contribution is 7.90. The van der Waals surface area contributed by atoms with Gasteiger partial charge in [-0.05, 0) is 25.1 Å². The van der Waals surface area contributed by atoms with Crippen molar-refractivity contribution in [3.05, 3.63) is 35.7 Å². The highest BCUT2D eigenvalue weighted by Crippen LogP contribution is 2.27. The fourth-order valence-corrected chi connectivity index (χ4v) is 3.50. The molecule has 0 saturated heterocycles. The van der Waals surface area contributed by atoms with E-state index in [-0.39, 0.29) is 34.6 Å². The minimum Gasteiger partial charge on any atom is -0.495 e. The average Bonchev–Trinajstić information content (AvgIpc) is 3.10. The molecule has 29 heavy (non-hydrogen) atoms. The molecule has 0 spiro atoms. The van der Waals surface area contributed by atoms with E-state index >= 15 is 0 Å². The van der Waals surface area contributed by atoms with Gasteiger partial charge in [0.15, 0.2) is 16.4 Å². The zero-order chi connectivity index (χ0) is 21.2. The number of carbonyl (C=O) groups is 1. The van der Waals surface area contributed by atoms with E-state index in [1.807, 2.05) is 6.07 Å². The van der Waals surface area contributed by atoms with Gasteiger partial charge in [-0.3, -0.25) is 4.79 Å². The van der Waals surface area contributed by atoms with Gasteiger partial charge in [0.05, 0.1) is 24.3 Å². The van der Waals surface area contributed by atoms with E-state index in [1.165, 1.54) is 31.5 Å². The zero-order valence-corrected chi connectivity index (χ0v) is 16.6. The summed E-state index contributed by atoms with van der Waals surface area (Å²) < 4.78 is 34.1. The Morgan fingerprint density at radius 1 is 1.38 bits per heavy atom. The van der Waals surface area contributed by atoms with Crippen molar-refractivity contribution >= 4 is 32.5 Å². The Kier molecular flexibility index (Phi) is 5.38. The number of rotatable bonds is 6. The van der Waals surface area contributed by atoms with Crippen LogP contribution < -0.4 is 14.8 Å². The van der Waals surface area contributed by atoms with Gasteiger partial charge in [0.25, 0.3) is 11.9 Å². The van der Waals surface area contributed by atoms with Crippen molar-refractivity contribution in [1.29, 1.82) is 5.26 Å². The first kappa shape index (κ1) is 20.1. The molecular weight excluding hydrogens is 398 g/mol. The maximum absolute atomic E-state index is 12.2. The Morgan fingerprint density at radius 3 is 2.79 bits per heavy atom. The molecule has 3 aromatic rings. The summed E-state index contributed by atoms with van der Waals surface area (Å²) in [4.78, 5) is 23.2. The number of hydrogen-bond acceptors (Lipinski definition) is 8. The Hall–Kier alpha value is -3.65. The quantitative estimate of drug-likeness (QED) is 0.616. The topological polar surface area (TPSA) is 147 Å². The predicted octanol–water partition coefficient (Wildman–Crippen LogP) is 1.57. The first-order valence-electron chi connectivity index (χ1n) is 8.29. The third-order valence-electron chi connectivity index (χ3n) is 4.04. The van der Waals surface area contributed by atoms with E-state index < -0.39 is 15.7 Å². The van der Waals surface area contributed by atoms with Crippen molar-refractivity contribution in [2.45, 2.75) is 11.8 Å². The summed E-state index contributed by atoms with van der Waals surface area (Å²) in [5, 5.41) is 11.6. The molecule has 0 fully saturated rings. The standard InChI is InChI=1S/C18H17N5O5S/c1-10-12(7-19)20-8-13-17(10)23-18(22-13)28-9-16(24)21-11-4-5-14(27-2)15(6-11)29(3,25)26/h4-6,8H,9H2,1-3H3,(H,21,24)(H,22,23). The first-order chi connectivity index (χ1) is 13.7. The number of fused-ring (bicyclic) bond motifs is 1. The van der Waals surface area contributed by atoms with E-state index in [0.29, 0.717) is 16.6 Å². The van der Waals surface area contributed by atoms with Crippen LogP contribution in [0.4, 0.5) is 5.69 Å². The van der Waals surface area contributed by atoms with Gasteiger partial charge < -0.3 is 19.8 Å². The number of sulfone groups is 1. The molecule has 1 aromatic carbocycles. The van der Waals surface area contributed by atoms with Crippen molar-refractivity contribution in [2.75, 3.05) is 25.3 Å². The summed E-state index contributed by atoms with van der Waals surface area (Å²) in [5.41, 5.74) is 2.24. The lowest BCUT2D eigenvalue weighted by atomic mass is 10.2. The maximum Gasteiger partial charge on any atom is 0.295 e. The van der Waals surface area contributed by atoms with Crippen molar-refractivity contribution in [2.24, 2.45) is 0 Å². The van der Waals surface area contributed by atoms with Crippen LogP contribution in [0.3, 0.4) is 0 Å². The highest BCUT2D eigenvalue weighted by Gasteiger charge is 2.16. The number of imidazole rings is 1. The number of aryl methyl sites for hydroxylation is 1. The molecule has 0 aliphatic carbocycles. The van der Waals surface area contributed by atoms with Gasteiger partial charge in [0.2, 0.25) is 0 Å². The number of ether oxygens (including phenoxy) is 2. The largest absolute Gasteiger partial charge is 0.495 e. The zero-order valence-electron chi connectivity index (χ0n) is 15.8. The van der Waals surface area contributed by atoms with E-state index in [9.17, 15) is 13.2 Å². The van der Waals surface area contributed by atoms with E-state index in [1.54, 1.807) is 6.92 Å². The monoisotopic (exact) mass is 415 g/mol. The second-order valence-corrected chi connectivity index (χ2v) is 8.11. The summed E-state index contributed by atoms with van der Waals surface area (Å²) in [6.07, 6.45) is 2.51. The number of aromatic amines is 1. The van der Waals surface area contributed by atoms with Crippen molar-refractivity contribution in [3.63, 3.8) is 0 Å². The molecule has 0 atom stereocenters. The van der Waals surface area contributed by atoms with Gasteiger partial charge in [0, 0.05) is 17.5 Å². The molecule has 2 N–H and O–H groups in total. The Balaban J connectivity index is 1.71. The number of pyridine rings is 1. The first-order valence-corrected chi connectivity index (χ1v) is 10.2. The number of nitriles is 1. The number of hydrogen-bond donors (Lipinski definition) is 2. The fraction of sp³-hybridized carbons (Fsp3) is 0.222. The van der Waals surface area contributed by atoms with Crippen LogP contribution >= 0.6 is 0 Å². The number of nitrogens with one attached hydrogen (secondary N) is 2. The average molecular weight is 415 g/mol. The summed E-state index contributed by atoms with van der Waals surface area (Å²) in [7, 11) is -2.17. The van der Waals surface area contributed by atoms with Crippen LogP contribution in [-0.2, 0) is 14.6 Å². The van der Waals surface area contributed by atoms with Crippen molar-refractivity contribution in [1.82, 2.24) is 15.0 Å². The predicted molar refractivity (Wildman–Crippen MR) is 104 cm³/mol. The van der Waals surface area contributed by atoms with Crippen LogP contribution in [0.1, 0.15) is 11.3 Å². The minimum absolute atomic E-state index is 0.0349. The molecule has 1 amide bonds. The fourth-order valence-electron chi connectivity index (χ4n) is 2.64. The normalized spacial score (nSPS) is 11.1. The van der Waals surface area contributed by atoms with Gasteiger partial charge >= 0.3 is 0 Å². The van der Waals surface area contributed by atoms with Crippen LogP contribution in [0.2, 0.25) is 0 Å². The van der Waals surface area contributed by atoms with Crippen LogP contribution in [-0.4, -0.2) is 49.2 Å². The van der Waals surface area contributed by atoms with Crippen LogP contribution in [0, 0.1) is 18.3 Å². The Bertz CT molecular complexity index is 1240. The second kappa shape index (κ2) is 7.76. The SMILES string of the molecule is COc1ccc(NC(=O)COc2nc3c(C)c(C#N)ncc3[nH]2)cc1S(C)(=O)=O. The summed E-state index contributed by atoms with van der Waals surface area (Å²) in [6, 6.07) is 6.36. The number of anilines is 1. The van der Waals surface area contributed by atoms with Gasteiger partial charge in [0.1, 0.15) is 22.4 Å². The van der Waals surface area contributed by atoms with Gasteiger partial charge in [-0.25, -0.2) is 13.4 Å². The molecule has 3 rings (SSSR count). The molecular formula is C18H17N5O5S. The minimum atomic E-state index is -3.54. The molecule has 0 saturated carbocycles. The molecule has 0 unspecified atom stereocenters. The lowest BCUT2D eigenvalue weighted by Crippen LogP contribution is -2.20. The number of aromatic nitrogens is 3. The molecule has 0 bridgehead atoms. The molecule has 150 valence electrons. The summed E-state index contributed by atoms with van der Waals surface area (Å²) in [5.74, 6) is -0.327. The summed E-state index contributed by atoms with van der Waals surface area (Å²) >= 11 is 0. The molecule has 0 aliphatic heterocycles. The smallest absolute Gasteiger partial charge is 0.295 e. The number of H-pyrrole nitrogens is 1. The number of nitrogens with zero attached hydrogens (tertiary/aromatic N) is 3. The third kappa shape index (κ3) is 4.27. The van der Waals surface area contributed by atoms with Gasteiger partial charge in [-0.2, -0.15) is 10.2 Å². The molecule has 2 aromatic heterocycles. The van der Waals surface area contributed by atoms with E-state index in [2.05, 4.69) is 20.3 Å². The molecule has 10 nitrogen and oxygen atoms in total. The van der Waals surface area contributed by atoms with Crippen LogP contribution in [0.25, 0.3) is 11.0 Å². The maximum atomic E-state index is 12.2. The molecule has 2 heterocycles. The van der Waals surface area contributed by atoms with Gasteiger partial charge in [-0.1, -0.05) is 0 Å².